The van der Waals surface area contributed by atoms with Crippen LogP contribution in [0.15, 0.2) is 34.6 Å². The highest BCUT2D eigenvalue weighted by Gasteiger charge is 2.26. The van der Waals surface area contributed by atoms with Gasteiger partial charge in [0.25, 0.3) is 5.56 Å². The van der Waals surface area contributed by atoms with E-state index in [0.29, 0.717) is 13.1 Å². The van der Waals surface area contributed by atoms with Crippen molar-refractivity contribution in [1.82, 2.24) is 15.5 Å². The Morgan fingerprint density at radius 1 is 1.52 bits per heavy atom. The van der Waals surface area contributed by atoms with Gasteiger partial charge in [0.2, 0.25) is 5.91 Å². The summed E-state index contributed by atoms with van der Waals surface area (Å²) < 4.78 is 0. The summed E-state index contributed by atoms with van der Waals surface area (Å²) in [6.07, 6.45) is 4.34. The van der Waals surface area contributed by atoms with Crippen molar-refractivity contribution in [2.45, 2.75) is 19.3 Å². The summed E-state index contributed by atoms with van der Waals surface area (Å²) in [4.78, 5) is 27.1. The van der Waals surface area contributed by atoms with Gasteiger partial charge in [0.1, 0.15) is 0 Å². The first-order valence-corrected chi connectivity index (χ1v) is 8.70. The van der Waals surface area contributed by atoms with E-state index in [1.807, 2.05) is 11.4 Å². The highest BCUT2D eigenvalue weighted by molar-refractivity contribution is 7.09. The van der Waals surface area contributed by atoms with Gasteiger partial charge in [-0.05, 0) is 30.7 Å². The quantitative estimate of drug-likeness (QED) is 0.868. The van der Waals surface area contributed by atoms with Crippen LogP contribution < -0.4 is 15.8 Å². The molecule has 0 aromatic carbocycles. The van der Waals surface area contributed by atoms with Crippen molar-refractivity contribution < 1.29 is 4.79 Å². The summed E-state index contributed by atoms with van der Waals surface area (Å²) in [5.41, 5.74) is 0.565. The molecule has 2 aromatic heterocycles. The zero-order valence-electron chi connectivity index (χ0n) is 12.8. The third-order valence-electron chi connectivity index (χ3n) is 4.06. The SMILES string of the molecule is O=C(NCCc1cccs1)[C@@H]1CCCN(c2cn[nH]c(=O)c2)C1. The van der Waals surface area contributed by atoms with Crippen LogP contribution in [0.4, 0.5) is 5.69 Å². The number of hydrogen-bond acceptors (Lipinski definition) is 5. The number of piperidine rings is 1. The van der Waals surface area contributed by atoms with Crippen LogP contribution in [0.5, 0.6) is 0 Å². The van der Waals surface area contributed by atoms with Crippen LogP contribution in [0.2, 0.25) is 0 Å². The average Bonchev–Trinajstić information content (AvgIpc) is 3.08. The van der Waals surface area contributed by atoms with Crippen molar-refractivity contribution in [1.29, 1.82) is 0 Å². The van der Waals surface area contributed by atoms with Gasteiger partial charge in [-0.25, -0.2) is 5.10 Å². The van der Waals surface area contributed by atoms with Crippen molar-refractivity contribution in [3.63, 3.8) is 0 Å². The van der Waals surface area contributed by atoms with Gasteiger partial charge in [-0.1, -0.05) is 6.07 Å². The first kappa shape index (κ1) is 15.7. The summed E-state index contributed by atoms with van der Waals surface area (Å²) >= 11 is 1.71. The van der Waals surface area contributed by atoms with E-state index in [4.69, 9.17) is 0 Å². The molecule has 0 saturated carbocycles. The van der Waals surface area contributed by atoms with Gasteiger partial charge in [-0.2, -0.15) is 5.10 Å². The van der Waals surface area contributed by atoms with Crippen molar-refractivity contribution in [3.8, 4) is 0 Å². The zero-order chi connectivity index (χ0) is 16.1. The van der Waals surface area contributed by atoms with E-state index in [-0.39, 0.29) is 17.4 Å². The maximum absolute atomic E-state index is 12.4. The summed E-state index contributed by atoms with van der Waals surface area (Å²) in [5, 5.41) is 11.3. The molecule has 0 spiro atoms. The number of carbonyl (C=O) groups is 1. The minimum Gasteiger partial charge on any atom is -0.369 e. The second kappa shape index (κ2) is 7.41. The Hall–Kier alpha value is -2.15. The first-order chi connectivity index (χ1) is 11.2. The monoisotopic (exact) mass is 332 g/mol. The maximum atomic E-state index is 12.4. The molecule has 0 radical (unpaired) electrons. The molecular weight excluding hydrogens is 312 g/mol. The van der Waals surface area contributed by atoms with Crippen LogP contribution in [-0.2, 0) is 11.2 Å². The Bertz CT molecular complexity index is 698. The van der Waals surface area contributed by atoms with Gasteiger partial charge in [-0.15, -0.1) is 11.3 Å². The van der Waals surface area contributed by atoms with E-state index >= 15 is 0 Å². The van der Waals surface area contributed by atoms with Crippen molar-refractivity contribution in [2.24, 2.45) is 5.92 Å². The number of nitrogens with one attached hydrogen (secondary N) is 2. The summed E-state index contributed by atoms with van der Waals surface area (Å²) in [5.74, 6) is 0.0652. The lowest BCUT2D eigenvalue weighted by Gasteiger charge is -2.33. The Labute approximate surface area is 138 Å². The van der Waals surface area contributed by atoms with E-state index < -0.39 is 0 Å². The van der Waals surface area contributed by atoms with Crippen molar-refractivity contribution >= 4 is 22.9 Å². The molecule has 2 aromatic rings. The molecule has 7 heteroatoms. The molecule has 1 atom stereocenters. The second-order valence-corrected chi connectivity index (χ2v) is 6.74. The fourth-order valence-electron chi connectivity index (χ4n) is 2.87. The molecule has 3 rings (SSSR count). The van der Waals surface area contributed by atoms with E-state index in [9.17, 15) is 9.59 Å². The van der Waals surface area contributed by atoms with E-state index in [2.05, 4.69) is 26.5 Å². The topological polar surface area (TPSA) is 78.1 Å². The van der Waals surface area contributed by atoms with Gasteiger partial charge >= 0.3 is 0 Å². The third kappa shape index (κ3) is 4.19. The van der Waals surface area contributed by atoms with E-state index in [0.717, 1.165) is 31.5 Å². The molecule has 0 aliphatic carbocycles. The van der Waals surface area contributed by atoms with Crippen LogP contribution in [-0.4, -0.2) is 35.7 Å². The van der Waals surface area contributed by atoms with E-state index in [1.54, 1.807) is 17.5 Å². The summed E-state index contributed by atoms with van der Waals surface area (Å²) in [7, 11) is 0. The number of aromatic amines is 1. The van der Waals surface area contributed by atoms with Crippen LogP contribution in [0.25, 0.3) is 0 Å². The minimum atomic E-state index is -0.218. The highest BCUT2D eigenvalue weighted by Crippen LogP contribution is 2.21. The molecule has 0 bridgehead atoms. The molecule has 1 saturated heterocycles. The molecule has 122 valence electrons. The first-order valence-electron chi connectivity index (χ1n) is 7.82. The standard InChI is InChI=1S/C16H20N4O2S/c21-15-9-13(10-18-19-15)20-7-1-3-12(11-20)16(22)17-6-5-14-4-2-8-23-14/h2,4,8-10,12H,1,3,5-7,11H2,(H,17,22)(H,19,21)/t12-/m1/s1. The number of carbonyl (C=O) groups excluding carboxylic acids is 1. The molecule has 3 heterocycles. The minimum absolute atomic E-state index is 0.0358. The molecule has 6 nitrogen and oxygen atoms in total. The van der Waals surface area contributed by atoms with Gasteiger partial charge < -0.3 is 10.2 Å². The Morgan fingerprint density at radius 3 is 3.22 bits per heavy atom. The Balaban J connectivity index is 1.53. The number of aromatic nitrogens is 2. The van der Waals surface area contributed by atoms with Crippen molar-refractivity contribution in [2.75, 3.05) is 24.5 Å². The molecule has 1 fully saturated rings. The fourth-order valence-corrected chi connectivity index (χ4v) is 3.58. The van der Waals surface area contributed by atoms with Gasteiger partial charge in [0.15, 0.2) is 0 Å². The van der Waals surface area contributed by atoms with Gasteiger partial charge in [-0.3, -0.25) is 9.59 Å². The largest absolute Gasteiger partial charge is 0.369 e. The number of rotatable bonds is 5. The predicted octanol–water partition coefficient (Wildman–Crippen LogP) is 1.41. The number of H-pyrrole nitrogens is 1. The molecule has 1 aliphatic heterocycles. The van der Waals surface area contributed by atoms with Crippen LogP contribution in [0, 0.1) is 5.92 Å². The lowest BCUT2D eigenvalue weighted by atomic mass is 9.97. The number of anilines is 1. The lowest BCUT2D eigenvalue weighted by Crippen LogP contribution is -2.43. The van der Waals surface area contributed by atoms with Crippen molar-refractivity contribution in [3.05, 3.63) is 45.0 Å². The number of thiophene rings is 1. The van der Waals surface area contributed by atoms with Gasteiger partial charge in [0, 0.05) is 30.6 Å². The molecule has 1 aliphatic rings. The fraction of sp³-hybridized carbons (Fsp3) is 0.438. The Kier molecular flexibility index (Phi) is 5.07. The number of hydrogen-bond donors (Lipinski definition) is 2. The van der Waals surface area contributed by atoms with Crippen LogP contribution in [0.3, 0.4) is 0 Å². The predicted molar refractivity (Wildman–Crippen MR) is 90.8 cm³/mol. The molecule has 2 N–H and O–H groups in total. The number of amides is 1. The second-order valence-electron chi connectivity index (χ2n) is 5.71. The Morgan fingerprint density at radius 2 is 2.43 bits per heavy atom. The molecule has 0 unspecified atom stereocenters. The molecule has 1 amide bonds. The van der Waals surface area contributed by atoms with Crippen LogP contribution in [0.1, 0.15) is 17.7 Å². The lowest BCUT2D eigenvalue weighted by molar-refractivity contribution is -0.125. The molecule has 23 heavy (non-hydrogen) atoms. The summed E-state index contributed by atoms with van der Waals surface area (Å²) in [6, 6.07) is 5.64. The molecular formula is C16H20N4O2S. The zero-order valence-corrected chi connectivity index (χ0v) is 13.6. The summed E-state index contributed by atoms with van der Waals surface area (Å²) in [6.45, 7) is 2.16. The van der Waals surface area contributed by atoms with E-state index in [1.165, 1.54) is 10.9 Å². The van der Waals surface area contributed by atoms with Gasteiger partial charge in [0.05, 0.1) is 17.8 Å². The average molecular weight is 332 g/mol. The number of nitrogens with zero attached hydrogens (tertiary/aromatic N) is 2. The normalized spacial score (nSPS) is 17.9. The smallest absolute Gasteiger partial charge is 0.266 e. The highest BCUT2D eigenvalue weighted by atomic mass is 32.1. The van der Waals surface area contributed by atoms with Crippen LogP contribution >= 0.6 is 11.3 Å². The third-order valence-corrected chi connectivity index (χ3v) is 4.99. The maximum Gasteiger partial charge on any atom is 0.266 e.